The van der Waals surface area contributed by atoms with Crippen molar-refractivity contribution in [3.8, 4) is 11.3 Å². The van der Waals surface area contributed by atoms with Crippen molar-refractivity contribution in [3.63, 3.8) is 0 Å². The fourth-order valence-corrected chi connectivity index (χ4v) is 5.18. The molecule has 5 nitrogen and oxygen atoms in total. The van der Waals surface area contributed by atoms with Gasteiger partial charge in [-0.1, -0.05) is 80.1 Å². The molecule has 0 bridgehead atoms. The number of H-pyrrole nitrogens is 1. The van der Waals surface area contributed by atoms with Crippen molar-refractivity contribution in [3.05, 3.63) is 95.1 Å². The summed E-state index contributed by atoms with van der Waals surface area (Å²) >= 11 is 0. The van der Waals surface area contributed by atoms with Crippen LogP contribution in [0.1, 0.15) is 60.3 Å². The molecule has 0 fully saturated rings. The largest absolute Gasteiger partial charge is 0.354 e. The molecule has 0 aliphatic carbocycles. The first-order chi connectivity index (χ1) is 17.4. The molecule has 0 unspecified atom stereocenters. The van der Waals surface area contributed by atoms with Crippen molar-refractivity contribution < 1.29 is 9.59 Å². The van der Waals surface area contributed by atoms with Gasteiger partial charge >= 0.3 is 0 Å². The van der Waals surface area contributed by atoms with Crippen LogP contribution in [0.2, 0.25) is 0 Å². The molecule has 5 rings (SSSR count). The Morgan fingerprint density at radius 1 is 0.972 bits per heavy atom. The Labute approximate surface area is 212 Å². The Hall–Kier alpha value is -3.86. The van der Waals surface area contributed by atoms with Crippen LogP contribution in [0.3, 0.4) is 0 Å². The molecule has 1 aromatic heterocycles. The molecule has 2 amide bonds. The van der Waals surface area contributed by atoms with E-state index in [2.05, 4.69) is 67.5 Å². The average Bonchev–Trinajstić information content (AvgIpc) is 3.39. The number of benzene rings is 3. The average molecular weight is 480 g/mol. The zero-order chi connectivity index (χ0) is 25.4. The molecular formula is C31H33N3O2. The van der Waals surface area contributed by atoms with Crippen molar-refractivity contribution in [1.82, 2.24) is 15.2 Å². The molecule has 2 atom stereocenters. The van der Waals surface area contributed by atoms with E-state index in [1.165, 1.54) is 5.56 Å². The van der Waals surface area contributed by atoms with E-state index < -0.39 is 6.04 Å². The fourth-order valence-electron chi connectivity index (χ4n) is 5.18. The lowest BCUT2D eigenvalue weighted by atomic mass is 9.92. The lowest BCUT2D eigenvalue weighted by molar-refractivity contribution is -0.125. The third kappa shape index (κ3) is 4.19. The lowest BCUT2D eigenvalue weighted by Gasteiger charge is -2.31. The fraction of sp³-hybridized carbons (Fsp3) is 0.290. The number of nitrogens with one attached hydrogen (secondary N) is 2. The van der Waals surface area contributed by atoms with E-state index in [-0.39, 0.29) is 17.9 Å². The summed E-state index contributed by atoms with van der Waals surface area (Å²) in [6.45, 7) is 8.78. The number of aromatic nitrogens is 1. The Bertz CT molecular complexity index is 1420. The second-order valence-electron chi connectivity index (χ2n) is 10.2. The van der Waals surface area contributed by atoms with Crippen LogP contribution >= 0.6 is 0 Å². The smallest absolute Gasteiger partial charge is 0.255 e. The Morgan fingerprint density at radius 3 is 2.42 bits per heavy atom. The SMILES string of the molecule is Cc1ccc(-c2[nH]c3ccccc3c2[C@@H]2c3ccccc3C(=O)N2[C@@H](C)C(=O)NCCC(C)C)cc1. The summed E-state index contributed by atoms with van der Waals surface area (Å²) in [5.41, 5.74) is 6.84. The van der Waals surface area contributed by atoms with E-state index in [9.17, 15) is 9.59 Å². The minimum absolute atomic E-state index is 0.109. The van der Waals surface area contributed by atoms with Gasteiger partial charge in [-0.05, 0) is 49.4 Å². The number of aromatic amines is 1. The highest BCUT2D eigenvalue weighted by Gasteiger charge is 2.44. The minimum atomic E-state index is -0.624. The molecule has 0 saturated carbocycles. The van der Waals surface area contributed by atoms with E-state index in [4.69, 9.17) is 0 Å². The van der Waals surface area contributed by atoms with Crippen LogP contribution in [0.4, 0.5) is 0 Å². The summed E-state index contributed by atoms with van der Waals surface area (Å²) in [7, 11) is 0. The molecule has 1 aliphatic rings. The second kappa shape index (κ2) is 9.65. The highest BCUT2D eigenvalue weighted by molar-refractivity contribution is 6.04. The molecule has 0 saturated heterocycles. The third-order valence-corrected chi connectivity index (χ3v) is 7.18. The van der Waals surface area contributed by atoms with Gasteiger partial charge < -0.3 is 15.2 Å². The van der Waals surface area contributed by atoms with Gasteiger partial charge in [-0.3, -0.25) is 9.59 Å². The number of para-hydroxylation sites is 1. The number of nitrogens with zero attached hydrogens (tertiary/aromatic N) is 1. The molecule has 3 aromatic carbocycles. The van der Waals surface area contributed by atoms with Gasteiger partial charge in [-0.15, -0.1) is 0 Å². The van der Waals surface area contributed by atoms with Gasteiger partial charge in [0, 0.05) is 28.6 Å². The number of rotatable bonds is 7. The van der Waals surface area contributed by atoms with Crippen LogP contribution in [-0.2, 0) is 4.79 Å². The molecule has 36 heavy (non-hydrogen) atoms. The van der Waals surface area contributed by atoms with Crippen molar-refractivity contribution in [1.29, 1.82) is 0 Å². The van der Waals surface area contributed by atoms with E-state index in [0.29, 0.717) is 18.0 Å². The van der Waals surface area contributed by atoms with Gasteiger partial charge in [0.1, 0.15) is 6.04 Å². The molecule has 2 heterocycles. The summed E-state index contributed by atoms with van der Waals surface area (Å²) in [4.78, 5) is 32.4. The van der Waals surface area contributed by atoms with Crippen LogP contribution in [0.15, 0.2) is 72.8 Å². The summed E-state index contributed by atoms with van der Waals surface area (Å²) in [6.07, 6.45) is 0.899. The number of hydrogen-bond donors (Lipinski definition) is 2. The molecule has 184 valence electrons. The standard InChI is InChI=1S/C31H33N3O2/c1-19(2)17-18-32-30(35)21(4)34-29(23-9-5-6-10-24(23)31(34)36)27-25-11-7-8-12-26(25)33-28(27)22-15-13-20(3)14-16-22/h5-16,19,21,29,33H,17-18H2,1-4H3,(H,32,35)/t21-,29-/m0/s1. The zero-order valence-corrected chi connectivity index (χ0v) is 21.3. The highest BCUT2D eigenvalue weighted by atomic mass is 16.2. The van der Waals surface area contributed by atoms with Gasteiger partial charge in [0.25, 0.3) is 5.91 Å². The quantitative estimate of drug-likeness (QED) is 0.330. The molecule has 1 aliphatic heterocycles. The Balaban J connectivity index is 1.66. The molecule has 4 aromatic rings. The first-order valence-corrected chi connectivity index (χ1v) is 12.7. The molecular weight excluding hydrogens is 446 g/mol. The maximum Gasteiger partial charge on any atom is 0.255 e. The summed E-state index contributed by atoms with van der Waals surface area (Å²) < 4.78 is 0. The zero-order valence-electron chi connectivity index (χ0n) is 21.3. The summed E-state index contributed by atoms with van der Waals surface area (Å²) in [5, 5.41) is 4.11. The second-order valence-corrected chi connectivity index (χ2v) is 10.2. The Kier molecular flexibility index (Phi) is 6.40. The maximum absolute atomic E-state index is 13.8. The van der Waals surface area contributed by atoms with Gasteiger partial charge in [0.15, 0.2) is 0 Å². The Morgan fingerprint density at radius 2 is 1.67 bits per heavy atom. The van der Waals surface area contributed by atoms with Crippen LogP contribution in [0.25, 0.3) is 22.2 Å². The lowest BCUT2D eigenvalue weighted by Crippen LogP contribution is -2.47. The monoisotopic (exact) mass is 479 g/mol. The molecule has 5 heteroatoms. The first kappa shape index (κ1) is 23.9. The van der Waals surface area contributed by atoms with Crippen molar-refractivity contribution in [2.24, 2.45) is 5.92 Å². The van der Waals surface area contributed by atoms with Gasteiger partial charge in [0.05, 0.1) is 11.7 Å². The van der Waals surface area contributed by atoms with Gasteiger partial charge in [0.2, 0.25) is 5.91 Å². The number of aryl methyl sites for hydroxylation is 1. The van der Waals surface area contributed by atoms with Gasteiger partial charge in [-0.25, -0.2) is 0 Å². The van der Waals surface area contributed by atoms with E-state index >= 15 is 0 Å². The normalized spacial score (nSPS) is 16.0. The summed E-state index contributed by atoms with van der Waals surface area (Å²) in [5.74, 6) is 0.259. The van der Waals surface area contributed by atoms with Crippen LogP contribution in [-0.4, -0.2) is 34.3 Å². The highest BCUT2D eigenvalue weighted by Crippen LogP contribution is 2.46. The van der Waals surface area contributed by atoms with Crippen molar-refractivity contribution in [2.75, 3.05) is 6.54 Å². The van der Waals surface area contributed by atoms with Crippen LogP contribution in [0.5, 0.6) is 0 Å². The van der Waals surface area contributed by atoms with Gasteiger partial charge in [-0.2, -0.15) is 0 Å². The predicted octanol–water partition coefficient (Wildman–Crippen LogP) is 6.24. The molecule has 0 spiro atoms. The maximum atomic E-state index is 13.8. The number of fused-ring (bicyclic) bond motifs is 2. The minimum Gasteiger partial charge on any atom is -0.354 e. The van der Waals surface area contributed by atoms with Crippen molar-refractivity contribution >= 4 is 22.7 Å². The topological polar surface area (TPSA) is 65.2 Å². The number of carbonyl (C=O) groups excluding carboxylic acids is 2. The van der Waals surface area contributed by atoms with Crippen molar-refractivity contribution in [2.45, 2.75) is 46.2 Å². The molecule has 0 radical (unpaired) electrons. The van der Waals surface area contributed by atoms with E-state index in [1.807, 2.05) is 43.3 Å². The van der Waals surface area contributed by atoms with E-state index in [0.717, 1.165) is 39.7 Å². The van der Waals surface area contributed by atoms with Crippen LogP contribution in [0, 0.1) is 12.8 Å². The van der Waals surface area contributed by atoms with E-state index in [1.54, 1.807) is 4.90 Å². The van der Waals surface area contributed by atoms with Crippen LogP contribution < -0.4 is 5.32 Å². The number of hydrogen-bond acceptors (Lipinski definition) is 2. The number of amides is 2. The molecule has 2 N–H and O–H groups in total. The third-order valence-electron chi connectivity index (χ3n) is 7.18. The first-order valence-electron chi connectivity index (χ1n) is 12.7. The number of carbonyl (C=O) groups is 2. The summed E-state index contributed by atoms with van der Waals surface area (Å²) in [6, 6.07) is 23.3. The predicted molar refractivity (Wildman–Crippen MR) is 145 cm³/mol.